The average Bonchev–Trinajstić information content (AvgIpc) is 2.60. The largest absolute Gasteiger partial charge is 0.383 e. The van der Waals surface area contributed by atoms with Crippen LogP contribution in [0.15, 0.2) is 53.6 Å². The van der Waals surface area contributed by atoms with Crippen LogP contribution >= 0.6 is 11.8 Å². The predicted molar refractivity (Wildman–Crippen MR) is 97.8 cm³/mol. The van der Waals surface area contributed by atoms with Gasteiger partial charge in [0.05, 0.1) is 28.0 Å². The van der Waals surface area contributed by atoms with Crippen molar-refractivity contribution < 1.29 is 0 Å². The van der Waals surface area contributed by atoms with Crippen LogP contribution in [-0.4, -0.2) is 19.9 Å². The smallest absolute Gasteiger partial charge is 0.141 e. The molecule has 0 unspecified atom stereocenters. The lowest BCUT2D eigenvalue weighted by molar-refractivity contribution is 1.02. The first-order valence-corrected chi connectivity index (χ1v) is 8.56. The fraction of sp³-hybridized carbons (Fsp3) is 0.111. The van der Waals surface area contributed by atoms with Gasteiger partial charge in [0.1, 0.15) is 16.7 Å². The van der Waals surface area contributed by atoms with Gasteiger partial charge in [-0.2, -0.15) is 0 Å². The van der Waals surface area contributed by atoms with E-state index in [1.54, 1.807) is 11.8 Å². The van der Waals surface area contributed by atoms with E-state index in [4.69, 9.17) is 5.73 Å². The molecule has 2 aromatic carbocycles. The third-order valence-electron chi connectivity index (χ3n) is 3.72. The number of aromatic nitrogens is 4. The van der Waals surface area contributed by atoms with Crippen LogP contribution in [0.25, 0.3) is 21.9 Å². The van der Waals surface area contributed by atoms with Crippen LogP contribution in [0.2, 0.25) is 0 Å². The molecular weight excluding hydrogens is 318 g/mol. The summed E-state index contributed by atoms with van der Waals surface area (Å²) < 4.78 is 0. The average molecular weight is 333 g/mol. The Morgan fingerprint density at radius 3 is 2.29 bits per heavy atom. The van der Waals surface area contributed by atoms with E-state index in [2.05, 4.69) is 19.9 Å². The highest BCUT2D eigenvalue weighted by Crippen LogP contribution is 2.26. The highest BCUT2D eigenvalue weighted by atomic mass is 32.2. The van der Waals surface area contributed by atoms with E-state index >= 15 is 0 Å². The van der Waals surface area contributed by atoms with Crippen molar-refractivity contribution in [2.45, 2.75) is 17.7 Å². The summed E-state index contributed by atoms with van der Waals surface area (Å²) in [4.78, 5) is 18.3. The number of nitrogens with zero attached hydrogens (tertiary/aromatic N) is 4. The van der Waals surface area contributed by atoms with E-state index in [9.17, 15) is 0 Å². The number of thioether (sulfide) groups is 1. The Labute approximate surface area is 143 Å². The van der Waals surface area contributed by atoms with Gasteiger partial charge >= 0.3 is 0 Å². The van der Waals surface area contributed by atoms with Gasteiger partial charge in [0.2, 0.25) is 0 Å². The topological polar surface area (TPSA) is 77.6 Å². The van der Waals surface area contributed by atoms with Gasteiger partial charge in [-0.05, 0) is 31.2 Å². The minimum Gasteiger partial charge on any atom is -0.383 e. The molecule has 24 heavy (non-hydrogen) atoms. The summed E-state index contributed by atoms with van der Waals surface area (Å²) in [5.74, 6) is 1.81. The molecule has 0 aliphatic carbocycles. The molecule has 6 heteroatoms. The molecule has 2 heterocycles. The maximum Gasteiger partial charge on any atom is 0.141 e. The molecular formula is C18H15N5S. The second-order valence-corrected chi connectivity index (χ2v) is 6.40. The van der Waals surface area contributed by atoms with E-state index in [-0.39, 0.29) is 0 Å². The van der Waals surface area contributed by atoms with Crippen LogP contribution in [0.3, 0.4) is 0 Å². The summed E-state index contributed by atoms with van der Waals surface area (Å²) in [7, 11) is 0. The summed E-state index contributed by atoms with van der Waals surface area (Å²) in [5.41, 5.74) is 9.62. The molecule has 0 saturated carbocycles. The summed E-state index contributed by atoms with van der Waals surface area (Å²) in [6, 6.07) is 15.6. The Balaban J connectivity index is 1.64. The Kier molecular flexibility index (Phi) is 3.74. The normalized spacial score (nSPS) is 11.2. The summed E-state index contributed by atoms with van der Waals surface area (Å²) in [5, 5.41) is 1.77. The Morgan fingerprint density at radius 2 is 1.50 bits per heavy atom. The Morgan fingerprint density at radius 1 is 0.833 bits per heavy atom. The molecule has 0 atom stereocenters. The molecule has 0 saturated heterocycles. The van der Waals surface area contributed by atoms with Crippen LogP contribution in [-0.2, 0) is 5.75 Å². The van der Waals surface area contributed by atoms with Crippen LogP contribution in [0.5, 0.6) is 0 Å². The van der Waals surface area contributed by atoms with Gasteiger partial charge < -0.3 is 5.73 Å². The van der Waals surface area contributed by atoms with E-state index in [1.807, 2.05) is 55.5 Å². The van der Waals surface area contributed by atoms with Gasteiger partial charge in [-0.25, -0.2) is 19.9 Å². The molecule has 0 aliphatic rings. The van der Waals surface area contributed by atoms with Crippen molar-refractivity contribution >= 4 is 39.5 Å². The molecule has 4 rings (SSSR count). The predicted octanol–water partition coefficient (Wildman–Crippen LogP) is 3.76. The first kappa shape index (κ1) is 14.8. The van der Waals surface area contributed by atoms with E-state index in [0.717, 1.165) is 32.7 Å². The quantitative estimate of drug-likeness (QED) is 0.575. The van der Waals surface area contributed by atoms with Gasteiger partial charge in [0.25, 0.3) is 0 Å². The van der Waals surface area contributed by atoms with E-state index < -0.39 is 0 Å². The summed E-state index contributed by atoms with van der Waals surface area (Å²) >= 11 is 1.58. The van der Waals surface area contributed by atoms with Gasteiger partial charge in [-0.3, -0.25) is 0 Å². The zero-order valence-electron chi connectivity index (χ0n) is 13.1. The number of rotatable bonds is 3. The van der Waals surface area contributed by atoms with Crippen LogP contribution in [0.1, 0.15) is 11.5 Å². The second kappa shape index (κ2) is 6.05. The van der Waals surface area contributed by atoms with Crippen molar-refractivity contribution in [3.63, 3.8) is 0 Å². The molecule has 0 spiro atoms. The number of benzene rings is 2. The van der Waals surface area contributed by atoms with Gasteiger partial charge in [0, 0.05) is 5.39 Å². The van der Waals surface area contributed by atoms with Crippen LogP contribution in [0, 0.1) is 6.92 Å². The minimum atomic E-state index is 0.512. The third kappa shape index (κ3) is 2.76. The molecule has 118 valence electrons. The van der Waals surface area contributed by atoms with Gasteiger partial charge in [-0.15, -0.1) is 0 Å². The van der Waals surface area contributed by atoms with Crippen LogP contribution < -0.4 is 5.73 Å². The van der Waals surface area contributed by atoms with Crippen molar-refractivity contribution in [3.05, 3.63) is 60.0 Å². The fourth-order valence-corrected chi connectivity index (χ4v) is 3.37. The number of anilines is 1. The van der Waals surface area contributed by atoms with Gasteiger partial charge in [0.15, 0.2) is 0 Å². The molecule has 0 radical (unpaired) electrons. The highest BCUT2D eigenvalue weighted by molar-refractivity contribution is 7.98. The monoisotopic (exact) mass is 333 g/mol. The SMILES string of the molecule is Cc1nc2ccccc2nc1SCc1nc(N)c2ccccc2n1. The zero-order valence-corrected chi connectivity index (χ0v) is 13.9. The van der Waals surface area contributed by atoms with Crippen molar-refractivity contribution in [1.82, 2.24) is 19.9 Å². The first-order valence-electron chi connectivity index (χ1n) is 7.58. The van der Waals surface area contributed by atoms with Crippen LogP contribution in [0.4, 0.5) is 5.82 Å². The number of aryl methyl sites for hydroxylation is 1. The fourth-order valence-electron chi connectivity index (χ4n) is 2.56. The zero-order chi connectivity index (χ0) is 16.5. The molecule has 0 fully saturated rings. The Hall–Kier alpha value is -2.73. The molecule has 0 aliphatic heterocycles. The van der Waals surface area contributed by atoms with Crippen molar-refractivity contribution in [3.8, 4) is 0 Å². The minimum absolute atomic E-state index is 0.512. The summed E-state index contributed by atoms with van der Waals surface area (Å²) in [6.45, 7) is 1.97. The molecule has 4 aromatic rings. The third-order valence-corrected chi connectivity index (χ3v) is 4.78. The Bertz CT molecular complexity index is 1050. The molecule has 0 amide bonds. The van der Waals surface area contributed by atoms with Crippen molar-refractivity contribution in [1.29, 1.82) is 0 Å². The molecule has 5 nitrogen and oxygen atoms in total. The molecule has 0 bridgehead atoms. The number of nitrogens with two attached hydrogens (primary N) is 1. The summed E-state index contributed by atoms with van der Waals surface area (Å²) in [6.07, 6.45) is 0. The standard InChI is InChI=1S/C18H15N5S/c1-11-18(22-15-9-5-4-8-14(15)20-11)24-10-16-21-13-7-3-2-6-12(13)17(19)23-16/h2-9H,10H2,1H3,(H2,19,21,23). The number of nitrogen functional groups attached to an aromatic ring is 1. The van der Waals surface area contributed by atoms with Gasteiger partial charge in [-0.1, -0.05) is 36.0 Å². The number of hydrogen-bond acceptors (Lipinski definition) is 6. The molecule has 2 aromatic heterocycles. The van der Waals surface area contributed by atoms with E-state index in [0.29, 0.717) is 17.4 Å². The molecule has 2 N–H and O–H groups in total. The lowest BCUT2D eigenvalue weighted by atomic mass is 10.2. The maximum absolute atomic E-state index is 6.04. The van der Waals surface area contributed by atoms with Crippen molar-refractivity contribution in [2.75, 3.05) is 5.73 Å². The lowest BCUT2D eigenvalue weighted by Gasteiger charge is -2.07. The number of fused-ring (bicyclic) bond motifs is 2. The number of para-hydroxylation sites is 3. The second-order valence-electron chi connectivity index (χ2n) is 5.43. The highest BCUT2D eigenvalue weighted by Gasteiger charge is 2.09. The van der Waals surface area contributed by atoms with E-state index in [1.165, 1.54) is 0 Å². The van der Waals surface area contributed by atoms with Crippen molar-refractivity contribution in [2.24, 2.45) is 0 Å². The maximum atomic E-state index is 6.04. The lowest BCUT2D eigenvalue weighted by Crippen LogP contribution is -2.00. The number of hydrogen-bond donors (Lipinski definition) is 1. The first-order chi connectivity index (χ1) is 11.7.